The zero-order chi connectivity index (χ0) is 7.98. The van der Waals surface area contributed by atoms with Crippen molar-refractivity contribution in [3.63, 3.8) is 0 Å². The van der Waals surface area contributed by atoms with E-state index in [4.69, 9.17) is 0 Å². The van der Waals surface area contributed by atoms with Gasteiger partial charge >= 0.3 is 6.41 Å². The van der Waals surface area contributed by atoms with E-state index in [0.717, 1.165) is 11.0 Å². The number of carbonyl (C=O) groups is 1. The van der Waals surface area contributed by atoms with Gasteiger partial charge in [-0.25, -0.2) is 0 Å². The van der Waals surface area contributed by atoms with Crippen LogP contribution in [0.3, 0.4) is 0 Å². The van der Waals surface area contributed by atoms with E-state index >= 15 is 0 Å². The highest BCUT2D eigenvalue weighted by atomic mass is 16.2. The van der Waals surface area contributed by atoms with Crippen LogP contribution in [0.25, 0.3) is 0 Å². The Labute approximate surface area is 59.6 Å². The van der Waals surface area contributed by atoms with Gasteiger partial charge in [0.2, 0.25) is 0 Å². The number of imide groups is 1. The Balaban J connectivity index is 4.04. The van der Waals surface area contributed by atoms with Crippen LogP contribution in [0.15, 0.2) is 25.3 Å². The topological polar surface area (TPSA) is 37.4 Å². The molecule has 0 saturated heterocycles. The zero-order valence-corrected chi connectivity index (χ0v) is 5.54. The van der Waals surface area contributed by atoms with Crippen molar-refractivity contribution in [1.82, 2.24) is 4.90 Å². The van der Waals surface area contributed by atoms with Gasteiger partial charge in [-0.05, 0) is 6.08 Å². The predicted molar refractivity (Wildman–Crippen MR) is 37.8 cm³/mol. The lowest BCUT2D eigenvalue weighted by molar-refractivity contribution is -0.122. The Morgan fingerprint density at radius 3 is 2.50 bits per heavy atom. The normalized spacial score (nSPS) is 8.00. The quantitative estimate of drug-likeness (QED) is 0.317. The van der Waals surface area contributed by atoms with Crippen LogP contribution in [0.4, 0.5) is 0 Å². The highest BCUT2D eigenvalue weighted by molar-refractivity contribution is 5.94. The van der Waals surface area contributed by atoms with E-state index in [1.165, 1.54) is 12.5 Å². The summed E-state index contributed by atoms with van der Waals surface area (Å²) < 4.78 is 0. The molecule has 2 amide bonds. The lowest BCUT2D eigenvalue weighted by atomic mass is 10.5. The summed E-state index contributed by atoms with van der Waals surface area (Å²) in [5.41, 5.74) is 0. The Hall–Kier alpha value is -1.38. The molecule has 0 unspecified atom stereocenters. The van der Waals surface area contributed by atoms with Gasteiger partial charge in [-0.1, -0.05) is 12.7 Å². The summed E-state index contributed by atoms with van der Waals surface area (Å²) in [6.07, 6.45) is 3.93. The van der Waals surface area contributed by atoms with Crippen molar-refractivity contribution in [2.45, 2.75) is 0 Å². The second-order valence-electron chi connectivity index (χ2n) is 1.53. The number of nitrogens with zero attached hydrogens (tertiary/aromatic N) is 1. The minimum Gasteiger partial charge on any atom is -0.269 e. The minimum atomic E-state index is -0.463. The van der Waals surface area contributed by atoms with Gasteiger partial charge in [0, 0.05) is 6.54 Å². The molecule has 10 heavy (non-hydrogen) atoms. The predicted octanol–water partition coefficient (Wildman–Crippen LogP) is 0.254. The van der Waals surface area contributed by atoms with Crippen molar-refractivity contribution in [1.29, 1.82) is 0 Å². The van der Waals surface area contributed by atoms with Gasteiger partial charge in [0.25, 0.3) is 5.91 Å². The van der Waals surface area contributed by atoms with Crippen LogP contribution in [0.2, 0.25) is 0 Å². The Morgan fingerprint density at radius 1 is 1.60 bits per heavy atom. The first-order chi connectivity index (χ1) is 4.76. The monoisotopic (exact) mass is 138 g/mol. The highest BCUT2D eigenvalue weighted by Crippen LogP contribution is 1.85. The first-order valence-corrected chi connectivity index (χ1v) is 2.69. The van der Waals surface area contributed by atoms with Crippen molar-refractivity contribution in [2.24, 2.45) is 0 Å². The zero-order valence-electron chi connectivity index (χ0n) is 5.54. The lowest BCUT2D eigenvalue weighted by Gasteiger charge is -2.06. The van der Waals surface area contributed by atoms with Crippen LogP contribution >= 0.6 is 0 Å². The van der Waals surface area contributed by atoms with Crippen molar-refractivity contribution in [2.75, 3.05) is 6.54 Å². The third-order valence-corrected chi connectivity index (χ3v) is 0.863. The van der Waals surface area contributed by atoms with Crippen molar-refractivity contribution in [3.8, 4) is 0 Å². The van der Waals surface area contributed by atoms with Gasteiger partial charge in [-0.3, -0.25) is 14.5 Å². The van der Waals surface area contributed by atoms with Gasteiger partial charge in [0.05, 0.1) is 0 Å². The van der Waals surface area contributed by atoms with Gasteiger partial charge < -0.3 is 0 Å². The van der Waals surface area contributed by atoms with Crippen molar-refractivity contribution >= 4 is 12.3 Å². The van der Waals surface area contributed by atoms with Crippen LogP contribution < -0.4 is 0 Å². The summed E-state index contributed by atoms with van der Waals surface area (Å²) in [5, 5.41) is 0. The van der Waals surface area contributed by atoms with Crippen LogP contribution in [0.5, 0.6) is 0 Å². The summed E-state index contributed by atoms with van der Waals surface area (Å²) in [6.45, 7) is 6.74. The maximum absolute atomic E-state index is 10.6. The van der Waals surface area contributed by atoms with Crippen LogP contribution in [0, 0.1) is 0 Å². The highest BCUT2D eigenvalue weighted by Gasteiger charge is 2.05. The SMILES string of the molecule is C=CCN([C]=O)C(=O)C=C. The first kappa shape index (κ1) is 8.62. The Kier molecular flexibility index (Phi) is 3.87. The summed E-state index contributed by atoms with van der Waals surface area (Å²) >= 11 is 0. The van der Waals surface area contributed by atoms with Crippen LogP contribution in [0.1, 0.15) is 0 Å². The third kappa shape index (κ3) is 2.26. The molecule has 0 bridgehead atoms. The number of carbonyl (C=O) groups excluding carboxylic acids is 2. The molecule has 0 aliphatic carbocycles. The fraction of sp³-hybridized carbons (Fsp3) is 0.143. The molecule has 53 valence electrons. The number of amides is 2. The molecular formula is C7H8NO2. The molecule has 3 nitrogen and oxygen atoms in total. The molecule has 3 heteroatoms. The Bertz CT molecular complexity index is 163. The van der Waals surface area contributed by atoms with Gasteiger partial charge in [-0.2, -0.15) is 0 Å². The van der Waals surface area contributed by atoms with E-state index in [0.29, 0.717) is 0 Å². The minimum absolute atomic E-state index is 0.175. The van der Waals surface area contributed by atoms with E-state index < -0.39 is 5.91 Å². The molecule has 0 saturated carbocycles. The van der Waals surface area contributed by atoms with E-state index in [1.807, 2.05) is 0 Å². The standard InChI is InChI=1S/C7H8NO2/c1-3-5-8(6-9)7(10)4-2/h3-4H,1-2,5H2. The third-order valence-electron chi connectivity index (χ3n) is 0.863. The summed E-state index contributed by atoms with van der Waals surface area (Å²) in [5.74, 6) is -0.463. The molecule has 0 aliphatic heterocycles. The van der Waals surface area contributed by atoms with Crippen LogP contribution in [-0.2, 0) is 9.59 Å². The average molecular weight is 138 g/mol. The summed E-state index contributed by atoms with van der Waals surface area (Å²) in [4.78, 5) is 21.5. The maximum Gasteiger partial charge on any atom is 0.319 e. The molecule has 0 aliphatic rings. The molecule has 0 N–H and O–H groups in total. The molecule has 0 aromatic heterocycles. The maximum atomic E-state index is 10.6. The molecule has 0 atom stereocenters. The second-order valence-corrected chi connectivity index (χ2v) is 1.53. The van der Waals surface area contributed by atoms with E-state index in [-0.39, 0.29) is 6.54 Å². The number of hydrogen-bond acceptors (Lipinski definition) is 2. The lowest BCUT2D eigenvalue weighted by Crippen LogP contribution is -2.27. The summed E-state index contributed by atoms with van der Waals surface area (Å²) in [7, 11) is 0. The van der Waals surface area contributed by atoms with E-state index in [9.17, 15) is 9.59 Å². The van der Waals surface area contributed by atoms with Crippen LogP contribution in [-0.4, -0.2) is 23.8 Å². The Morgan fingerprint density at radius 2 is 2.20 bits per heavy atom. The molecular weight excluding hydrogens is 130 g/mol. The smallest absolute Gasteiger partial charge is 0.269 e. The second kappa shape index (κ2) is 4.49. The van der Waals surface area contributed by atoms with Gasteiger partial charge in [-0.15, -0.1) is 6.58 Å². The first-order valence-electron chi connectivity index (χ1n) is 2.69. The fourth-order valence-corrected chi connectivity index (χ4v) is 0.412. The van der Waals surface area contributed by atoms with E-state index in [2.05, 4.69) is 13.2 Å². The number of hydrogen-bond donors (Lipinski definition) is 0. The van der Waals surface area contributed by atoms with Gasteiger partial charge in [0.15, 0.2) is 0 Å². The van der Waals surface area contributed by atoms with Gasteiger partial charge in [0.1, 0.15) is 0 Å². The fourth-order valence-electron chi connectivity index (χ4n) is 0.412. The van der Waals surface area contributed by atoms with E-state index in [1.54, 1.807) is 0 Å². The average Bonchev–Trinajstić information content (AvgIpc) is 1.99. The molecule has 0 heterocycles. The van der Waals surface area contributed by atoms with Crippen molar-refractivity contribution in [3.05, 3.63) is 25.3 Å². The van der Waals surface area contributed by atoms with Crippen molar-refractivity contribution < 1.29 is 9.59 Å². The molecule has 0 spiro atoms. The molecule has 0 fully saturated rings. The molecule has 1 radical (unpaired) electrons. The summed E-state index contributed by atoms with van der Waals surface area (Å²) in [6, 6.07) is 0. The molecule has 0 aromatic rings. The molecule has 0 rings (SSSR count). The largest absolute Gasteiger partial charge is 0.319 e. The number of rotatable bonds is 4. The molecule has 0 aromatic carbocycles.